The molecule has 1 aromatic rings. The first kappa shape index (κ1) is 11.9. The molecule has 0 bridgehead atoms. The molecule has 0 atom stereocenters. The van der Waals surface area contributed by atoms with Crippen LogP contribution in [0.5, 0.6) is 5.75 Å². The topological polar surface area (TPSA) is 60.0 Å². The van der Waals surface area contributed by atoms with E-state index < -0.39 is 5.82 Å². The predicted octanol–water partition coefficient (Wildman–Crippen LogP) is 2.08. The Morgan fingerprint density at radius 1 is 1.50 bits per heavy atom. The summed E-state index contributed by atoms with van der Waals surface area (Å²) in [4.78, 5) is 7.30. The third kappa shape index (κ3) is 3.53. The SMILES string of the molecule is C=NC(=N/C=C(\C)N)Oc1ccccc1F. The molecule has 0 aliphatic heterocycles. The summed E-state index contributed by atoms with van der Waals surface area (Å²) in [7, 11) is 0. The highest BCUT2D eigenvalue weighted by Crippen LogP contribution is 2.15. The molecule has 0 heterocycles. The summed E-state index contributed by atoms with van der Waals surface area (Å²) in [6.07, 6.45) is 1.35. The molecule has 0 fully saturated rings. The summed E-state index contributed by atoms with van der Waals surface area (Å²) in [5.74, 6) is -0.455. The Hall–Kier alpha value is -2.17. The Bertz CT molecular complexity index is 437. The second-order valence-electron chi connectivity index (χ2n) is 2.98. The van der Waals surface area contributed by atoms with Gasteiger partial charge in [0.2, 0.25) is 0 Å². The quantitative estimate of drug-likeness (QED) is 0.614. The van der Waals surface area contributed by atoms with Crippen LogP contribution >= 0.6 is 0 Å². The Morgan fingerprint density at radius 2 is 2.19 bits per heavy atom. The van der Waals surface area contributed by atoms with Crippen molar-refractivity contribution in [3.05, 3.63) is 42.0 Å². The molecule has 0 aromatic heterocycles. The molecule has 1 rings (SSSR count). The zero-order chi connectivity index (χ0) is 12.0. The minimum absolute atomic E-state index is 0.0386. The number of aliphatic imine (C=N–C) groups is 2. The van der Waals surface area contributed by atoms with Crippen molar-refractivity contribution in [3.8, 4) is 5.75 Å². The van der Waals surface area contributed by atoms with Crippen molar-refractivity contribution in [1.82, 2.24) is 0 Å². The van der Waals surface area contributed by atoms with E-state index in [1.54, 1.807) is 19.1 Å². The number of ether oxygens (including phenoxy) is 1. The maximum Gasteiger partial charge on any atom is 0.321 e. The van der Waals surface area contributed by atoms with Crippen LogP contribution in [0.15, 0.2) is 46.1 Å². The molecule has 0 aliphatic carbocycles. The highest BCUT2D eigenvalue weighted by Gasteiger charge is 2.04. The Kier molecular flexibility index (Phi) is 4.20. The molecule has 0 saturated heterocycles. The number of nitrogens with zero attached hydrogens (tertiary/aromatic N) is 2. The molecule has 0 aliphatic rings. The maximum absolute atomic E-state index is 13.2. The number of rotatable bonds is 2. The van der Waals surface area contributed by atoms with Crippen molar-refractivity contribution in [1.29, 1.82) is 0 Å². The normalized spacial score (nSPS) is 12.4. The molecule has 0 amide bonds. The van der Waals surface area contributed by atoms with Crippen LogP contribution in [0, 0.1) is 5.82 Å². The van der Waals surface area contributed by atoms with E-state index >= 15 is 0 Å². The number of para-hydroxylation sites is 1. The average molecular weight is 221 g/mol. The second-order valence-corrected chi connectivity index (χ2v) is 2.98. The molecule has 0 spiro atoms. The Balaban J connectivity index is 2.87. The lowest BCUT2D eigenvalue weighted by Gasteiger charge is -2.03. The van der Waals surface area contributed by atoms with Crippen molar-refractivity contribution in [2.45, 2.75) is 6.92 Å². The molecule has 0 radical (unpaired) electrons. The van der Waals surface area contributed by atoms with Gasteiger partial charge in [-0.25, -0.2) is 14.4 Å². The summed E-state index contributed by atoms with van der Waals surface area (Å²) in [6, 6.07) is 5.89. The van der Waals surface area contributed by atoms with Crippen molar-refractivity contribution in [2.75, 3.05) is 0 Å². The van der Waals surface area contributed by atoms with Crippen molar-refractivity contribution < 1.29 is 9.13 Å². The van der Waals surface area contributed by atoms with Gasteiger partial charge in [0.25, 0.3) is 0 Å². The number of allylic oxidation sites excluding steroid dienone is 1. The zero-order valence-electron chi connectivity index (χ0n) is 8.85. The van der Waals surface area contributed by atoms with Crippen LogP contribution in [0.2, 0.25) is 0 Å². The summed E-state index contributed by atoms with van der Waals surface area (Å²) in [5.41, 5.74) is 5.87. The molecule has 0 unspecified atom stereocenters. The third-order valence-corrected chi connectivity index (χ3v) is 1.55. The molecular formula is C11H12FN3O. The summed E-state index contributed by atoms with van der Waals surface area (Å²) in [6.45, 7) is 4.93. The molecule has 4 nitrogen and oxygen atoms in total. The van der Waals surface area contributed by atoms with Gasteiger partial charge in [0.15, 0.2) is 11.6 Å². The van der Waals surface area contributed by atoms with Gasteiger partial charge >= 0.3 is 6.02 Å². The van der Waals surface area contributed by atoms with Gasteiger partial charge in [-0.3, -0.25) is 0 Å². The number of hydrogen-bond donors (Lipinski definition) is 1. The first-order valence-corrected chi connectivity index (χ1v) is 4.52. The minimum atomic E-state index is -0.493. The van der Waals surface area contributed by atoms with E-state index in [0.29, 0.717) is 5.70 Å². The Morgan fingerprint density at radius 3 is 2.75 bits per heavy atom. The lowest BCUT2D eigenvalue weighted by molar-refractivity contribution is 0.486. The van der Waals surface area contributed by atoms with E-state index in [0.717, 1.165) is 0 Å². The molecule has 2 N–H and O–H groups in total. The van der Waals surface area contributed by atoms with Gasteiger partial charge in [0, 0.05) is 5.70 Å². The van der Waals surface area contributed by atoms with Gasteiger partial charge in [0.1, 0.15) is 0 Å². The highest BCUT2D eigenvalue weighted by molar-refractivity contribution is 5.81. The van der Waals surface area contributed by atoms with Gasteiger partial charge in [-0.2, -0.15) is 0 Å². The monoisotopic (exact) mass is 221 g/mol. The van der Waals surface area contributed by atoms with Crippen LogP contribution in [0.3, 0.4) is 0 Å². The fraction of sp³-hybridized carbons (Fsp3) is 0.0909. The van der Waals surface area contributed by atoms with Crippen LogP contribution < -0.4 is 10.5 Å². The standard InChI is InChI=1S/C11H12FN3O/c1-8(13)7-15-11(14-2)16-10-6-4-3-5-9(10)12/h3-7H,2,13H2,1H3/b8-7+,15-11?. The lowest BCUT2D eigenvalue weighted by atomic mass is 10.3. The zero-order valence-corrected chi connectivity index (χ0v) is 8.85. The lowest BCUT2D eigenvalue weighted by Crippen LogP contribution is -2.05. The predicted molar refractivity (Wildman–Crippen MR) is 62.0 cm³/mol. The fourth-order valence-electron chi connectivity index (χ4n) is 0.882. The number of benzene rings is 1. The summed E-state index contributed by atoms with van der Waals surface area (Å²) < 4.78 is 18.3. The van der Waals surface area contributed by atoms with Gasteiger partial charge in [-0.15, -0.1) is 0 Å². The van der Waals surface area contributed by atoms with E-state index in [1.165, 1.54) is 18.3 Å². The molecule has 1 aromatic carbocycles. The maximum atomic E-state index is 13.2. The molecule has 84 valence electrons. The van der Waals surface area contributed by atoms with Gasteiger partial charge < -0.3 is 10.5 Å². The van der Waals surface area contributed by atoms with Crippen LogP contribution in [-0.2, 0) is 0 Å². The van der Waals surface area contributed by atoms with Gasteiger partial charge in [-0.05, 0) is 25.8 Å². The Labute approximate surface area is 93.0 Å². The molecular weight excluding hydrogens is 209 g/mol. The number of halogens is 1. The smallest absolute Gasteiger partial charge is 0.321 e. The van der Waals surface area contributed by atoms with E-state index in [9.17, 15) is 4.39 Å². The minimum Gasteiger partial charge on any atom is -0.421 e. The third-order valence-electron chi connectivity index (χ3n) is 1.55. The average Bonchev–Trinajstić information content (AvgIpc) is 2.26. The van der Waals surface area contributed by atoms with E-state index in [-0.39, 0.29) is 11.8 Å². The molecule has 16 heavy (non-hydrogen) atoms. The summed E-state index contributed by atoms with van der Waals surface area (Å²) >= 11 is 0. The van der Waals surface area contributed by atoms with Crippen LogP contribution in [0.25, 0.3) is 0 Å². The highest BCUT2D eigenvalue weighted by atomic mass is 19.1. The van der Waals surface area contributed by atoms with Crippen molar-refractivity contribution in [2.24, 2.45) is 15.7 Å². The van der Waals surface area contributed by atoms with Crippen LogP contribution in [0.1, 0.15) is 6.92 Å². The largest absolute Gasteiger partial charge is 0.421 e. The van der Waals surface area contributed by atoms with Gasteiger partial charge in [0.05, 0.1) is 6.20 Å². The van der Waals surface area contributed by atoms with Crippen LogP contribution in [0.4, 0.5) is 4.39 Å². The van der Waals surface area contributed by atoms with Crippen LogP contribution in [-0.4, -0.2) is 12.7 Å². The van der Waals surface area contributed by atoms with E-state index in [1.807, 2.05) is 0 Å². The number of hydrogen-bond acceptors (Lipinski definition) is 3. The van der Waals surface area contributed by atoms with E-state index in [4.69, 9.17) is 10.5 Å². The first-order chi connectivity index (χ1) is 7.63. The second kappa shape index (κ2) is 5.65. The number of amidine groups is 1. The first-order valence-electron chi connectivity index (χ1n) is 4.52. The fourth-order valence-corrected chi connectivity index (χ4v) is 0.882. The van der Waals surface area contributed by atoms with E-state index in [2.05, 4.69) is 16.7 Å². The summed E-state index contributed by atoms with van der Waals surface area (Å²) in [5, 5.41) is 0. The number of nitrogens with two attached hydrogens (primary N) is 1. The van der Waals surface area contributed by atoms with Crippen molar-refractivity contribution in [3.63, 3.8) is 0 Å². The van der Waals surface area contributed by atoms with Gasteiger partial charge in [-0.1, -0.05) is 12.1 Å². The van der Waals surface area contributed by atoms with Crippen molar-refractivity contribution >= 4 is 12.7 Å². The molecule has 0 saturated carbocycles. The molecule has 5 heteroatoms.